The zero-order chi connectivity index (χ0) is 40.7. The van der Waals surface area contributed by atoms with Crippen LogP contribution in [0.5, 0.6) is 0 Å². The maximum Gasteiger partial charge on any atom is 0.164 e. The predicted molar refractivity (Wildman–Crippen MR) is 261 cm³/mol. The Hall–Kier alpha value is -8.27. The largest absolute Gasteiger partial charge is 0.208 e. The minimum Gasteiger partial charge on any atom is -0.208 e. The first-order chi connectivity index (χ1) is 30.7. The molecular formula is C59H35N3. The van der Waals surface area contributed by atoms with Crippen molar-refractivity contribution in [3.63, 3.8) is 0 Å². The molecule has 0 atom stereocenters. The first-order valence-electron chi connectivity index (χ1n) is 21.2. The van der Waals surface area contributed by atoms with Crippen molar-refractivity contribution in [1.29, 1.82) is 0 Å². The highest BCUT2D eigenvalue weighted by atomic mass is 15.0. The summed E-state index contributed by atoms with van der Waals surface area (Å²) < 4.78 is 0. The third-order valence-corrected chi connectivity index (χ3v) is 12.8. The summed E-state index contributed by atoms with van der Waals surface area (Å²) in [7, 11) is 0. The van der Waals surface area contributed by atoms with Gasteiger partial charge in [0.25, 0.3) is 0 Å². The Morgan fingerprint density at radius 1 is 0.210 bits per heavy atom. The van der Waals surface area contributed by atoms with Gasteiger partial charge in [-0.1, -0.05) is 200 Å². The zero-order valence-electron chi connectivity index (χ0n) is 33.5. The van der Waals surface area contributed by atoms with E-state index >= 15 is 0 Å². The van der Waals surface area contributed by atoms with Gasteiger partial charge >= 0.3 is 0 Å². The number of aromatic nitrogens is 3. The molecule has 0 bridgehead atoms. The van der Waals surface area contributed by atoms with Crippen molar-refractivity contribution in [3.8, 4) is 56.4 Å². The first kappa shape index (κ1) is 34.6. The predicted octanol–water partition coefficient (Wildman–Crippen LogP) is 15.7. The molecule has 13 aromatic rings. The minimum absolute atomic E-state index is 0.632. The Morgan fingerprint density at radius 2 is 0.677 bits per heavy atom. The van der Waals surface area contributed by atoms with Crippen LogP contribution in [0.25, 0.3) is 132 Å². The molecule has 0 N–H and O–H groups in total. The lowest BCUT2D eigenvalue weighted by molar-refractivity contribution is 1.07. The summed E-state index contributed by atoms with van der Waals surface area (Å²) in [6, 6.07) is 76.4. The van der Waals surface area contributed by atoms with Crippen molar-refractivity contribution in [2.75, 3.05) is 0 Å². The molecule has 286 valence electrons. The highest BCUT2D eigenvalue weighted by Crippen LogP contribution is 2.44. The van der Waals surface area contributed by atoms with Crippen LogP contribution in [0.2, 0.25) is 0 Å². The first-order valence-corrected chi connectivity index (χ1v) is 21.2. The van der Waals surface area contributed by atoms with Crippen LogP contribution >= 0.6 is 0 Å². The Labute approximate surface area is 357 Å². The van der Waals surface area contributed by atoms with E-state index in [1.807, 2.05) is 18.2 Å². The maximum atomic E-state index is 5.21. The third kappa shape index (κ3) is 5.35. The van der Waals surface area contributed by atoms with E-state index in [-0.39, 0.29) is 0 Å². The van der Waals surface area contributed by atoms with Gasteiger partial charge in [-0.05, 0) is 110 Å². The maximum absolute atomic E-state index is 5.21. The standard InChI is InChI=1S/C59H35N3/c1-2-12-40(13-3-1)57-60-58(41-28-24-36(25-29-41)44-32-30-39-27-26-37-14-10-15-38-31-33-51(44)55(39)54(37)38)62-59(61-57)43-17-11-16-42(34-43)52-35-53-47-20-5-4-18-45(47)46-19-6-8-22-49(46)56(53)50-23-9-7-21-48(50)52/h1-35H. The molecule has 0 saturated heterocycles. The van der Waals surface area contributed by atoms with E-state index in [0.717, 1.165) is 27.8 Å². The molecule has 0 fully saturated rings. The number of benzene rings is 12. The van der Waals surface area contributed by atoms with E-state index < -0.39 is 0 Å². The van der Waals surface area contributed by atoms with Gasteiger partial charge < -0.3 is 0 Å². The van der Waals surface area contributed by atoms with Gasteiger partial charge in [0.1, 0.15) is 0 Å². The second-order valence-corrected chi connectivity index (χ2v) is 16.3. The van der Waals surface area contributed by atoms with E-state index in [1.165, 1.54) is 86.5 Å². The summed E-state index contributed by atoms with van der Waals surface area (Å²) >= 11 is 0. The van der Waals surface area contributed by atoms with Crippen molar-refractivity contribution in [2.45, 2.75) is 0 Å². The molecule has 0 aliphatic carbocycles. The van der Waals surface area contributed by atoms with E-state index in [1.54, 1.807) is 0 Å². The molecule has 0 amide bonds. The van der Waals surface area contributed by atoms with Crippen LogP contribution in [0.15, 0.2) is 212 Å². The molecule has 1 aromatic heterocycles. The number of hydrogen-bond donors (Lipinski definition) is 0. The molecule has 0 radical (unpaired) electrons. The van der Waals surface area contributed by atoms with Crippen LogP contribution in [0.1, 0.15) is 0 Å². The van der Waals surface area contributed by atoms with Crippen LogP contribution in [0.4, 0.5) is 0 Å². The average Bonchev–Trinajstić information content (AvgIpc) is 3.35. The summed E-state index contributed by atoms with van der Waals surface area (Å²) in [5, 5.41) is 17.8. The molecule has 3 heteroatoms. The van der Waals surface area contributed by atoms with Crippen LogP contribution in [0.3, 0.4) is 0 Å². The molecule has 12 aromatic carbocycles. The molecule has 13 rings (SSSR count). The van der Waals surface area contributed by atoms with E-state index in [4.69, 9.17) is 15.0 Å². The van der Waals surface area contributed by atoms with Crippen LogP contribution in [-0.2, 0) is 0 Å². The zero-order valence-corrected chi connectivity index (χ0v) is 33.5. The van der Waals surface area contributed by atoms with Crippen molar-refractivity contribution >= 4 is 75.4 Å². The SMILES string of the molecule is c1ccc(-c2nc(-c3ccc(-c4ccc5ccc6cccc7ccc4c5c67)cc3)nc(-c3cccc(-c4cc5c6ccccc6c6ccccc6c5c5ccccc45)c3)n2)cc1. The van der Waals surface area contributed by atoms with Crippen LogP contribution < -0.4 is 0 Å². The second kappa shape index (κ2) is 13.6. The normalized spacial score (nSPS) is 11.9. The third-order valence-electron chi connectivity index (χ3n) is 12.8. The van der Waals surface area contributed by atoms with Crippen molar-refractivity contribution in [2.24, 2.45) is 0 Å². The Balaban J connectivity index is 0.955. The van der Waals surface area contributed by atoms with Crippen molar-refractivity contribution < 1.29 is 0 Å². The summed E-state index contributed by atoms with van der Waals surface area (Å²) in [6.07, 6.45) is 0. The minimum atomic E-state index is 0.632. The van der Waals surface area contributed by atoms with Gasteiger partial charge in [-0.25, -0.2) is 15.0 Å². The molecule has 1 heterocycles. The molecule has 62 heavy (non-hydrogen) atoms. The molecule has 0 saturated carbocycles. The van der Waals surface area contributed by atoms with Crippen LogP contribution in [0, 0.1) is 0 Å². The lowest BCUT2D eigenvalue weighted by atomic mass is 9.87. The second-order valence-electron chi connectivity index (χ2n) is 16.3. The monoisotopic (exact) mass is 785 g/mol. The van der Waals surface area contributed by atoms with Gasteiger partial charge in [0, 0.05) is 16.7 Å². The Kier molecular flexibility index (Phi) is 7.60. The lowest BCUT2D eigenvalue weighted by Crippen LogP contribution is -2.00. The van der Waals surface area contributed by atoms with Gasteiger partial charge in [-0.2, -0.15) is 0 Å². The summed E-state index contributed by atoms with van der Waals surface area (Å²) in [5.41, 5.74) is 7.46. The molecule has 0 aliphatic rings. The fraction of sp³-hybridized carbons (Fsp3) is 0. The van der Waals surface area contributed by atoms with Gasteiger partial charge in [0.15, 0.2) is 17.5 Å². The summed E-state index contributed by atoms with van der Waals surface area (Å²) in [6.45, 7) is 0. The molecule has 0 spiro atoms. The molecule has 0 unspecified atom stereocenters. The van der Waals surface area contributed by atoms with Gasteiger partial charge in [-0.15, -0.1) is 0 Å². The van der Waals surface area contributed by atoms with E-state index in [0.29, 0.717) is 17.5 Å². The van der Waals surface area contributed by atoms with Gasteiger partial charge in [0.05, 0.1) is 0 Å². The van der Waals surface area contributed by atoms with Gasteiger partial charge in [-0.3, -0.25) is 0 Å². The fourth-order valence-electron chi connectivity index (χ4n) is 9.97. The number of hydrogen-bond acceptors (Lipinski definition) is 3. The van der Waals surface area contributed by atoms with Crippen LogP contribution in [-0.4, -0.2) is 15.0 Å². The van der Waals surface area contributed by atoms with Crippen molar-refractivity contribution in [1.82, 2.24) is 15.0 Å². The molecular weight excluding hydrogens is 751 g/mol. The number of rotatable bonds is 5. The topological polar surface area (TPSA) is 38.7 Å². The quantitative estimate of drug-likeness (QED) is 0.163. The fourth-order valence-corrected chi connectivity index (χ4v) is 9.97. The van der Waals surface area contributed by atoms with Crippen molar-refractivity contribution in [3.05, 3.63) is 212 Å². The molecule has 3 nitrogen and oxygen atoms in total. The van der Waals surface area contributed by atoms with E-state index in [2.05, 4.69) is 194 Å². The smallest absolute Gasteiger partial charge is 0.164 e. The highest BCUT2D eigenvalue weighted by molar-refractivity contribution is 6.33. The Bertz CT molecular complexity index is 3890. The molecule has 0 aliphatic heterocycles. The summed E-state index contributed by atoms with van der Waals surface area (Å²) in [5.74, 6) is 1.91. The summed E-state index contributed by atoms with van der Waals surface area (Å²) in [4.78, 5) is 15.4. The Morgan fingerprint density at radius 3 is 1.39 bits per heavy atom. The number of fused-ring (bicyclic) bond motifs is 8. The van der Waals surface area contributed by atoms with E-state index in [9.17, 15) is 0 Å². The lowest BCUT2D eigenvalue weighted by Gasteiger charge is -2.16. The number of nitrogens with zero attached hydrogens (tertiary/aromatic N) is 3. The highest BCUT2D eigenvalue weighted by Gasteiger charge is 2.18. The van der Waals surface area contributed by atoms with Gasteiger partial charge in [0.2, 0.25) is 0 Å². The average molecular weight is 786 g/mol.